The molecule has 0 saturated carbocycles. The lowest BCUT2D eigenvalue weighted by Gasteiger charge is -2.24. The maximum atomic E-state index is 12.7. The van der Waals surface area contributed by atoms with Crippen LogP contribution in [0.15, 0.2) is 40.8 Å². The van der Waals surface area contributed by atoms with Gasteiger partial charge in [0.2, 0.25) is 10.1 Å². The fourth-order valence-electron chi connectivity index (χ4n) is 2.69. The Morgan fingerprint density at radius 3 is 2.62 bits per heavy atom. The van der Waals surface area contributed by atoms with Gasteiger partial charge in [-0.3, -0.25) is 0 Å². The summed E-state index contributed by atoms with van der Waals surface area (Å²) in [5, 5.41) is 6.27. The van der Waals surface area contributed by atoms with Crippen LogP contribution in [0.3, 0.4) is 0 Å². The smallest absolute Gasteiger partial charge is 0.445 e. The summed E-state index contributed by atoms with van der Waals surface area (Å²) >= 11 is 0.561. The summed E-state index contributed by atoms with van der Waals surface area (Å²) < 4.78 is 43.9. The first-order chi connectivity index (χ1) is 11.5. The van der Waals surface area contributed by atoms with Gasteiger partial charge in [-0.25, -0.2) is 0 Å². The largest absolute Gasteiger partial charge is 0.459 e. The van der Waals surface area contributed by atoms with Gasteiger partial charge in [-0.05, 0) is 18.1 Å². The van der Waals surface area contributed by atoms with Crippen molar-refractivity contribution in [2.24, 2.45) is 0 Å². The van der Waals surface area contributed by atoms with Gasteiger partial charge in [-0.1, -0.05) is 41.7 Å². The first-order valence-electron chi connectivity index (χ1n) is 7.33. The van der Waals surface area contributed by atoms with Gasteiger partial charge in [0, 0.05) is 12.1 Å². The highest BCUT2D eigenvalue weighted by Crippen LogP contribution is 2.36. The predicted molar refractivity (Wildman–Crippen MR) is 83.8 cm³/mol. The predicted octanol–water partition coefficient (Wildman–Crippen LogP) is 4.38. The average Bonchev–Trinajstić information content (AvgIpc) is 3.21. The van der Waals surface area contributed by atoms with Gasteiger partial charge in [-0.15, -0.1) is 10.2 Å². The molecule has 1 aliphatic rings. The van der Waals surface area contributed by atoms with Crippen molar-refractivity contribution in [3.63, 3.8) is 0 Å². The van der Waals surface area contributed by atoms with Gasteiger partial charge in [-0.2, -0.15) is 13.2 Å². The maximum absolute atomic E-state index is 12.7. The van der Waals surface area contributed by atoms with Crippen molar-refractivity contribution >= 4 is 16.5 Å². The number of aromatic nitrogens is 2. The van der Waals surface area contributed by atoms with Crippen molar-refractivity contribution in [3.8, 4) is 11.3 Å². The van der Waals surface area contributed by atoms with E-state index in [1.807, 2.05) is 36.4 Å². The molecule has 0 saturated heterocycles. The highest BCUT2D eigenvalue weighted by Gasteiger charge is 2.36. The zero-order chi connectivity index (χ0) is 16.7. The van der Waals surface area contributed by atoms with Crippen LogP contribution in [0.2, 0.25) is 0 Å². The van der Waals surface area contributed by atoms with Crippen LogP contribution in [0, 0.1) is 0 Å². The number of benzene rings is 1. The lowest BCUT2D eigenvalue weighted by Crippen LogP contribution is -2.29. The normalized spacial score (nSPS) is 14.7. The quantitative estimate of drug-likeness (QED) is 0.687. The highest BCUT2D eigenvalue weighted by molar-refractivity contribution is 7.15. The Bertz CT molecular complexity index is 857. The Kier molecular flexibility index (Phi) is 3.56. The van der Waals surface area contributed by atoms with E-state index in [4.69, 9.17) is 4.42 Å². The van der Waals surface area contributed by atoms with Crippen LogP contribution in [-0.4, -0.2) is 16.7 Å². The number of fused-ring (bicyclic) bond motifs is 1. The van der Waals surface area contributed by atoms with Crippen LogP contribution in [-0.2, 0) is 19.1 Å². The van der Waals surface area contributed by atoms with Crippen molar-refractivity contribution < 1.29 is 17.6 Å². The van der Waals surface area contributed by atoms with E-state index in [9.17, 15) is 13.2 Å². The molecule has 24 heavy (non-hydrogen) atoms. The second-order valence-electron chi connectivity index (χ2n) is 5.48. The second kappa shape index (κ2) is 5.62. The second-order valence-corrected chi connectivity index (χ2v) is 6.44. The Balaban J connectivity index is 1.58. The van der Waals surface area contributed by atoms with Crippen molar-refractivity contribution in [3.05, 3.63) is 52.7 Å². The highest BCUT2D eigenvalue weighted by atomic mass is 32.1. The van der Waals surface area contributed by atoms with Crippen LogP contribution in [0.25, 0.3) is 11.3 Å². The molecule has 0 aliphatic carbocycles. The molecule has 0 radical (unpaired) electrons. The van der Waals surface area contributed by atoms with Gasteiger partial charge >= 0.3 is 6.18 Å². The summed E-state index contributed by atoms with van der Waals surface area (Å²) in [6, 6.07) is 11.7. The Morgan fingerprint density at radius 2 is 1.92 bits per heavy atom. The zero-order valence-corrected chi connectivity index (χ0v) is 13.2. The number of hydrogen-bond donors (Lipinski definition) is 0. The molecule has 0 bridgehead atoms. The molecule has 0 unspecified atom stereocenters. The first-order valence-corrected chi connectivity index (χ1v) is 8.15. The number of nitrogens with zero attached hydrogens (tertiary/aromatic N) is 3. The molecule has 1 aromatic carbocycles. The molecule has 3 heterocycles. The average molecular weight is 351 g/mol. The number of hydrogen-bond acceptors (Lipinski definition) is 5. The van der Waals surface area contributed by atoms with E-state index in [1.54, 1.807) is 4.90 Å². The minimum Gasteiger partial charge on any atom is -0.459 e. The fraction of sp³-hybridized carbons (Fsp3) is 0.250. The third-order valence-electron chi connectivity index (χ3n) is 3.87. The summed E-state index contributed by atoms with van der Waals surface area (Å²) in [5.74, 6) is 1.54. The van der Waals surface area contributed by atoms with Crippen LogP contribution in [0.5, 0.6) is 0 Å². The number of anilines is 1. The van der Waals surface area contributed by atoms with E-state index >= 15 is 0 Å². The number of furan rings is 1. The minimum absolute atomic E-state index is 0.269. The van der Waals surface area contributed by atoms with Gasteiger partial charge in [0.05, 0.1) is 6.54 Å². The fourth-order valence-corrected chi connectivity index (χ4v) is 3.42. The molecular weight excluding hydrogens is 339 g/mol. The Morgan fingerprint density at radius 1 is 1.12 bits per heavy atom. The van der Waals surface area contributed by atoms with Crippen molar-refractivity contribution in [1.29, 1.82) is 0 Å². The van der Waals surface area contributed by atoms with Crippen molar-refractivity contribution in [1.82, 2.24) is 10.2 Å². The maximum Gasteiger partial charge on any atom is 0.445 e. The molecule has 8 heteroatoms. The van der Waals surface area contributed by atoms with E-state index in [0.717, 1.165) is 22.6 Å². The number of halogens is 3. The molecule has 0 spiro atoms. The molecule has 0 amide bonds. The topological polar surface area (TPSA) is 42.2 Å². The Labute approximate surface area is 139 Å². The zero-order valence-electron chi connectivity index (χ0n) is 12.4. The molecule has 1 aliphatic heterocycles. The summed E-state index contributed by atoms with van der Waals surface area (Å²) in [7, 11) is 0. The van der Waals surface area contributed by atoms with Crippen molar-refractivity contribution in [2.45, 2.75) is 19.1 Å². The van der Waals surface area contributed by atoms with E-state index in [2.05, 4.69) is 10.2 Å². The molecule has 0 atom stereocenters. The van der Waals surface area contributed by atoms with Crippen LogP contribution in [0.4, 0.5) is 18.3 Å². The van der Waals surface area contributed by atoms with Gasteiger partial charge in [0.15, 0.2) is 0 Å². The van der Waals surface area contributed by atoms with Gasteiger partial charge in [0.25, 0.3) is 0 Å². The molecule has 2 aromatic heterocycles. The SMILES string of the molecule is FC(F)(F)c1nnc(N2CCc3cc(-c4ccccc4)oc3C2)s1. The van der Waals surface area contributed by atoms with Crippen LogP contribution >= 0.6 is 11.3 Å². The molecule has 3 aromatic rings. The minimum atomic E-state index is -4.46. The van der Waals surface area contributed by atoms with Gasteiger partial charge in [0.1, 0.15) is 11.5 Å². The van der Waals surface area contributed by atoms with E-state index in [0.29, 0.717) is 30.8 Å². The molecule has 0 N–H and O–H groups in total. The van der Waals surface area contributed by atoms with E-state index in [-0.39, 0.29) is 5.13 Å². The first kappa shape index (κ1) is 15.2. The Hall–Kier alpha value is -2.35. The summed E-state index contributed by atoms with van der Waals surface area (Å²) in [6.45, 7) is 0.988. The third kappa shape index (κ3) is 2.77. The van der Waals surface area contributed by atoms with E-state index < -0.39 is 11.2 Å². The summed E-state index contributed by atoms with van der Waals surface area (Å²) in [5.41, 5.74) is 2.07. The summed E-state index contributed by atoms with van der Waals surface area (Å²) in [6.07, 6.45) is -3.76. The molecule has 0 fully saturated rings. The lowest BCUT2D eigenvalue weighted by molar-refractivity contribution is -0.138. The molecule has 124 valence electrons. The van der Waals surface area contributed by atoms with Crippen LogP contribution in [0.1, 0.15) is 16.3 Å². The monoisotopic (exact) mass is 351 g/mol. The number of rotatable bonds is 2. The standard InChI is InChI=1S/C16H12F3N3OS/c17-16(18,19)14-20-21-15(24-14)22-7-6-11-8-12(23-13(11)9-22)10-4-2-1-3-5-10/h1-5,8H,6-7,9H2. The van der Waals surface area contributed by atoms with E-state index in [1.165, 1.54) is 0 Å². The van der Waals surface area contributed by atoms with Gasteiger partial charge < -0.3 is 9.32 Å². The molecule has 4 rings (SSSR count). The number of alkyl halides is 3. The molecular formula is C16H12F3N3OS. The van der Waals surface area contributed by atoms with Crippen molar-refractivity contribution in [2.75, 3.05) is 11.4 Å². The van der Waals surface area contributed by atoms with Crippen LogP contribution < -0.4 is 4.90 Å². The summed E-state index contributed by atoms with van der Waals surface area (Å²) in [4.78, 5) is 1.77. The third-order valence-corrected chi connectivity index (χ3v) is 4.90. The molecule has 4 nitrogen and oxygen atoms in total. The lowest BCUT2D eigenvalue weighted by atomic mass is 10.1.